The SMILES string of the molecule is Cc1cc(C)c2occ(C3OCCO3)c(=O)c2c1. The van der Waals surface area contributed by atoms with E-state index in [4.69, 9.17) is 13.9 Å². The van der Waals surface area contributed by atoms with Crippen LogP contribution in [0.3, 0.4) is 0 Å². The lowest BCUT2D eigenvalue weighted by Gasteiger charge is -2.09. The monoisotopic (exact) mass is 246 g/mol. The van der Waals surface area contributed by atoms with Gasteiger partial charge in [0.2, 0.25) is 5.43 Å². The fourth-order valence-electron chi connectivity index (χ4n) is 2.31. The number of benzene rings is 1. The molecule has 18 heavy (non-hydrogen) atoms. The van der Waals surface area contributed by atoms with Gasteiger partial charge in [0.15, 0.2) is 6.29 Å². The summed E-state index contributed by atoms with van der Waals surface area (Å²) in [5.74, 6) is 0. The summed E-state index contributed by atoms with van der Waals surface area (Å²) in [5, 5.41) is 0.587. The van der Waals surface area contributed by atoms with Crippen LogP contribution in [0.4, 0.5) is 0 Å². The van der Waals surface area contributed by atoms with E-state index in [9.17, 15) is 4.79 Å². The van der Waals surface area contributed by atoms with Crippen molar-refractivity contribution in [3.05, 3.63) is 45.3 Å². The first-order chi connectivity index (χ1) is 8.66. The van der Waals surface area contributed by atoms with Gasteiger partial charge in [-0.05, 0) is 31.0 Å². The van der Waals surface area contributed by atoms with Crippen molar-refractivity contribution < 1.29 is 13.9 Å². The van der Waals surface area contributed by atoms with Gasteiger partial charge in [0, 0.05) is 0 Å². The molecular weight excluding hydrogens is 232 g/mol. The van der Waals surface area contributed by atoms with E-state index in [1.807, 2.05) is 26.0 Å². The summed E-state index contributed by atoms with van der Waals surface area (Å²) in [6.45, 7) is 4.91. The first kappa shape index (κ1) is 11.4. The second-order valence-electron chi connectivity index (χ2n) is 4.55. The molecule has 1 saturated heterocycles. The van der Waals surface area contributed by atoms with Crippen LogP contribution in [0.15, 0.2) is 27.6 Å². The van der Waals surface area contributed by atoms with Gasteiger partial charge in [0.1, 0.15) is 11.8 Å². The molecule has 4 heteroatoms. The van der Waals surface area contributed by atoms with Crippen LogP contribution in [0.25, 0.3) is 11.0 Å². The zero-order valence-corrected chi connectivity index (χ0v) is 10.4. The van der Waals surface area contributed by atoms with Crippen LogP contribution in [-0.2, 0) is 9.47 Å². The van der Waals surface area contributed by atoms with Crippen LogP contribution in [0.2, 0.25) is 0 Å². The van der Waals surface area contributed by atoms with Crippen LogP contribution < -0.4 is 5.43 Å². The summed E-state index contributed by atoms with van der Waals surface area (Å²) in [6, 6.07) is 3.83. The van der Waals surface area contributed by atoms with Crippen molar-refractivity contribution in [3.8, 4) is 0 Å². The smallest absolute Gasteiger partial charge is 0.200 e. The van der Waals surface area contributed by atoms with Crippen molar-refractivity contribution in [3.63, 3.8) is 0 Å². The molecule has 0 atom stereocenters. The van der Waals surface area contributed by atoms with E-state index in [-0.39, 0.29) is 5.43 Å². The molecule has 1 fully saturated rings. The van der Waals surface area contributed by atoms with Crippen molar-refractivity contribution >= 4 is 11.0 Å². The molecule has 94 valence electrons. The molecule has 0 spiro atoms. The second-order valence-corrected chi connectivity index (χ2v) is 4.55. The molecular formula is C14H14O4. The highest BCUT2D eigenvalue weighted by molar-refractivity contribution is 5.80. The Morgan fingerprint density at radius 3 is 2.61 bits per heavy atom. The molecule has 0 bridgehead atoms. The van der Waals surface area contributed by atoms with Crippen LogP contribution in [0, 0.1) is 13.8 Å². The van der Waals surface area contributed by atoms with E-state index >= 15 is 0 Å². The molecule has 3 rings (SSSR count). The van der Waals surface area contributed by atoms with Crippen molar-refractivity contribution in [2.24, 2.45) is 0 Å². The van der Waals surface area contributed by atoms with Gasteiger partial charge in [-0.25, -0.2) is 0 Å². The summed E-state index contributed by atoms with van der Waals surface area (Å²) < 4.78 is 16.3. The van der Waals surface area contributed by atoms with Crippen LogP contribution in [0.5, 0.6) is 0 Å². The van der Waals surface area contributed by atoms with Gasteiger partial charge in [-0.15, -0.1) is 0 Å². The van der Waals surface area contributed by atoms with Gasteiger partial charge in [-0.3, -0.25) is 4.79 Å². The molecule has 4 nitrogen and oxygen atoms in total. The first-order valence-corrected chi connectivity index (χ1v) is 5.92. The van der Waals surface area contributed by atoms with Gasteiger partial charge in [0.05, 0.1) is 24.2 Å². The minimum atomic E-state index is -0.591. The van der Waals surface area contributed by atoms with Gasteiger partial charge in [-0.1, -0.05) is 6.07 Å². The first-order valence-electron chi connectivity index (χ1n) is 5.92. The highest BCUT2D eigenvalue weighted by atomic mass is 16.7. The lowest BCUT2D eigenvalue weighted by Crippen LogP contribution is -2.14. The number of rotatable bonds is 1. The maximum atomic E-state index is 12.4. The highest BCUT2D eigenvalue weighted by Crippen LogP contribution is 2.24. The Kier molecular flexibility index (Phi) is 2.69. The van der Waals surface area contributed by atoms with Crippen LogP contribution >= 0.6 is 0 Å². The van der Waals surface area contributed by atoms with Crippen molar-refractivity contribution in [1.82, 2.24) is 0 Å². The topological polar surface area (TPSA) is 48.7 Å². The summed E-state index contributed by atoms with van der Waals surface area (Å²) in [6.07, 6.45) is 0.856. The van der Waals surface area contributed by atoms with Gasteiger partial charge < -0.3 is 13.9 Å². The molecule has 1 aromatic heterocycles. The number of aryl methyl sites for hydroxylation is 2. The normalized spacial score (nSPS) is 16.6. The molecule has 2 aromatic rings. The van der Waals surface area contributed by atoms with E-state index < -0.39 is 6.29 Å². The Bertz CT molecular complexity index is 651. The quantitative estimate of drug-likeness (QED) is 0.775. The largest absolute Gasteiger partial charge is 0.463 e. The fraction of sp³-hybridized carbons (Fsp3) is 0.357. The fourth-order valence-corrected chi connectivity index (χ4v) is 2.31. The summed E-state index contributed by atoms with van der Waals surface area (Å²) in [7, 11) is 0. The van der Waals surface area contributed by atoms with Gasteiger partial charge in [0.25, 0.3) is 0 Å². The molecule has 0 amide bonds. The molecule has 1 aliphatic heterocycles. The van der Waals surface area contributed by atoms with E-state index in [2.05, 4.69) is 0 Å². The second kappa shape index (κ2) is 4.23. The van der Waals surface area contributed by atoms with Gasteiger partial charge in [-0.2, -0.15) is 0 Å². The average Bonchev–Trinajstić information content (AvgIpc) is 2.84. The number of hydrogen-bond acceptors (Lipinski definition) is 4. The molecule has 0 saturated carbocycles. The van der Waals surface area contributed by atoms with E-state index in [1.54, 1.807) is 0 Å². The zero-order valence-electron chi connectivity index (χ0n) is 10.4. The van der Waals surface area contributed by atoms with Crippen molar-refractivity contribution in [2.75, 3.05) is 13.2 Å². The molecule has 0 aliphatic carbocycles. The van der Waals surface area contributed by atoms with Crippen LogP contribution in [0.1, 0.15) is 23.0 Å². The Balaban J connectivity index is 2.25. The van der Waals surface area contributed by atoms with Gasteiger partial charge >= 0.3 is 0 Å². The minimum Gasteiger partial charge on any atom is -0.463 e. The molecule has 2 heterocycles. The molecule has 1 aliphatic rings. The van der Waals surface area contributed by atoms with Crippen molar-refractivity contribution in [2.45, 2.75) is 20.1 Å². The number of fused-ring (bicyclic) bond motifs is 1. The standard InChI is InChI=1S/C14H14O4/c1-8-5-9(2)13-10(6-8)12(15)11(7-18-13)14-16-3-4-17-14/h5-7,14H,3-4H2,1-2H3. The molecule has 1 aromatic carbocycles. The maximum absolute atomic E-state index is 12.4. The molecule has 0 N–H and O–H groups in total. The third-order valence-corrected chi connectivity index (χ3v) is 3.11. The average molecular weight is 246 g/mol. The van der Waals surface area contributed by atoms with E-state index in [0.29, 0.717) is 29.7 Å². The Hall–Kier alpha value is -1.65. The summed E-state index contributed by atoms with van der Waals surface area (Å²) >= 11 is 0. The number of hydrogen-bond donors (Lipinski definition) is 0. The Morgan fingerprint density at radius 1 is 1.17 bits per heavy atom. The van der Waals surface area contributed by atoms with E-state index in [0.717, 1.165) is 11.1 Å². The lowest BCUT2D eigenvalue weighted by atomic mass is 10.1. The predicted molar refractivity (Wildman–Crippen MR) is 66.6 cm³/mol. The number of ether oxygens (including phenoxy) is 2. The Morgan fingerprint density at radius 2 is 1.89 bits per heavy atom. The summed E-state index contributed by atoms with van der Waals surface area (Å²) in [5.41, 5.74) is 2.99. The summed E-state index contributed by atoms with van der Waals surface area (Å²) in [4.78, 5) is 12.4. The molecule has 0 unspecified atom stereocenters. The minimum absolute atomic E-state index is 0.0741. The Labute approximate surface area is 104 Å². The zero-order chi connectivity index (χ0) is 12.7. The third-order valence-electron chi connectivity index (χ3n) is 3.11. The van der Waals surface area contributed by atoms with Crippen molar-refractivity contribution in [1.29, 1.82) is 0 Å². The predicted octanol–water partition coefficient (Wildman–Crippen LogP) is 2.46. The molecule has 0 radical (unpaired) electrons. The van der Waals surface area contributed by atoms with E-state index in [1.165, 1.54) is 6.26 Å². The van der Waals surface area contributed by atoms with Crippen LogP contribution in [-0.4, -0.2) is 13.2 Å². The third kappa shape index (κ3) is 1.74. The lowest BCUT2D eigenvalue weighted by molar-refractivity contribution is -0.0457. The maximum Gasteiger partial charge on any atom is 0.200 e. The highest BCUT2D eigenvalue weighted by Gasteiger charge is 2.23.